The van der Waals surface area contributed by atoms with Gasteiger partial charge in [-0.2, -0.15) is 0 Å². The molecule has 0 aliphatic rings. The average molecular weight is 342 g/mol. The van der Waals surface area contributed by atoms with Crippen LogP contribution in [0, 0.1) is 0 Å². The Morgan fingerprint density at radius 1 is 1.50 bits per heavy atom. The van der Waals surface area contributed by atoms with Gasteiger partial charge in [0.1, 0.15) is 17.7 Å². The molecule has 1 N–H and O–H groups in total. The number of para-hydroxylation sites is 1. The number of hydrogen-bond donors (Lipinski definition) is 1. The van der Waals surface area contributed by atoms with E-state index in [-0.39, 0.29) is 17.7 Å². The fraction of sp³-hybridized carbons (Fsp3) is 0.235. The Kier molecular flexibility index (Phi) is 5.00. The summed E-state index contributed by atoms with van der Waals surface area (Å²) in [6.45, 7) is 6.21. The topological polar surface area (TPSA) is 73.0 Å². The second-order valence-corrected chi connectivity index (χ2v) is 6.26. The van der Waals surface area contributed by atoms with Crippen LogP contribution in [0.1, 0.15) is 18.7 Å². The molecule has 0 bridgehead atoms. The highest BCUT2D eigenvalue weighted by Crippen LogP contribution is 2.23. The third-order valence-corrected chi connectivity index (χ3v) is 4.47. The summed E-state index contributed by atoms with van der Waals surface area (Å²) in [6.07, 6.45) is 3.39. The number of aromatic nitrogens is 3. The van der Waals surface area contributed by atoms with E-state index in [2.05, 4.69) is 22.1 Å². The Balaban J connectivity index is 1.57. The van der Waals surface area contributed by atoms with Gasteiger partial charge in [-0.15, -0.1) is 16.8 Å². The summed E-state index contributed by atoms with van der Waals surface area (Å²) in [6, 6.07) is 9.54. The van der Waals surface area contributed by atoms with Crippen LogP contribution >= 0.6 is 11.8 Å². The van der Waals surface area contributed by atoms with Gasteiger partial charge in [0.05, 0.1) is 11.8 Å². The van der Waals surface area contributed by atoms with E-state index in [9.17, 15) is 4.79 Å². The Morgan fingerprint density at radius 2 is 2.33 bits per heavy atom. The van der Waals surface area contributed by atoms with Crippen LogP contribution in [0.25, 0.3) is 11.0 Å². The second kappa shape index (κ2) is 7.35. The Hall–Kier alpha value is -2.54. The molecule has 0 unspecified atom stereocenters. The van der Waals surface area contributed by atoms with E-state index in [4.69, 9.17) is 4.42 Å². The first-order valence-corrected chi connectivity index (χ1v) is 8.55. The van der Waals surface area contributed by atoms with Gasteiger partial charge in [0.25, 0.3) is 0 Å². The lowest BCUT2D eigenvalue weighted by molar-refractivity contribution is -0.119. The highest BCUT2D eigenvalue weighted by atomic mass is 32.2. The molecule has 1 amide bonds. The standard InChI is InChI=1S/C17H18N4O2S/c1-3-8-21-11-18-20-17(21)24-10-16(22)19-12(2)15-9-13-6-4-5-7-14(13)23-15/h3-7,9,11-12H,1,8,10H2,2H3,(H,19,22)/t12-/m0/s1. The van der Waals surface area contributed by atoms with Gasteiger partial charge in [0, 0.05) is 11.9 Å². The lowest BCUT2D eigenvalue weighted by atomic mass is 10.2. The van der Waals surface area contributed by atoms with Gasteiger partial charge in [-0.3, -0.25) is 4.79 Å². The minimum atomic E-state index is -0.198. The van der Waals surface area contributed by atoms with Gasteiger partial charge < -0.3 is 14.3 Å². The van der Waals surface area contributed by atoms with Crippen molar-refractivity contribution in [1.29, 1.82) is 0 Å². The minimum absolute atomic E-state index is 0.0823. The van der Waals surface area contributed by atoms with Gasteiger partial charge in [-0.1, -0.05) is 36.0 Å². The average Bonchev–Trinajstić information content (AvgIpc) is 3.19. The zero-order valence-electron chi connectivity index (χ0n) is 13.3. The fourth-order valence-electron chi connectivity index (χ4n) is 2.32. The molecule has 0 saturated carbocycles. The van der Waals surface area contributed by atoms with E-state index in [1.54, 1.807) is 12.4 Å². The Morgan fingerprint density at radius 3 is 3.12 bits per heavy atom. The summed E-state index contributed by atoms with van der Waals surface area (Å²) in [5, 5.41) is 12.5. The van der Waals surface area contributed by atoms with Crippen molar-refractivity contribution >= 4 is 28.6 Å². The van der Waals surface area contributed by atoms with Crippen LogP contribution < -0.4 is 5.32 Å². The van der Waals surface area contributed by atoms with E-state index in [0.29, 0.717) is 11.7 Å². The summed E-state index contributed by atoms with van der Waals surface area (Å²) in [4.78, 5) is 12.2. The fourth-order valence-corrected chi connectivity index (χ4v) is 3.06. The number of carbonyl (C=O) groups is 1. The van der Waals surface area contributed by atoms with Crippen molar-refractivity contribution in [2.75, 3.05) is 5.75 Å². The number of nitrogens with zero attached hydrogens (tertiary/aromatic N) is 3. The SMILES string of the molecule is C=CCn1cnnc1SCC(=O)N[C@@H](C)c1cc2ccccc2o1. The van der Waals surface area contributed by atoms with Gasteiger partial charge in [0.15, 0.2) is 5.16 Å². The number of amides is 1. The molecule has 0 saturated heterocycles. The molecule has 3 rings (SSSR count). The molecule has 2 heterocycles. The number of hydrogen-bond acceptors (Lipinski definition) is 5. The monoisotopic (exact) mass is 342 g/mol. The zero-order valence-corrected chi connectivity index (χ0v) is 14.1. The van der Waals surface area contributed by atoms with Gasteiger partial charge >= 0.3 is 0 Å². The summed E-state index contributed by atoms with van der Waals surface area (Å²) >= 11 is 1.34. The van der Waals surface area contributed by atoms with E-state index in [1.165, 1.54) is 11.8 Å². The Labute approximate surface area is 143 Å². The Bertz CT molecular complexity index is 822. The van der Waals surface area contributed by atoms with Crippen LogP contribution in [0.3, 0.4) is 0 Å². The highest BCUT2D eigenvalue weighted by Gasteiger charge is 2.15. The molecule has 0 aliphatic heterocycles. The first kappa shape index (κ1) is 16.3. The molecular weight excluding hydrogens is 324 g/mol. The lowest BCUT2D eigenvalue weighted by Gasteiger charge is -2.11. The molecule has 0 spiro atoms. The van der Waals surface area contributed by atoms with Crippen molar-refractivity contribution in [2.24, 2.45) is 0 Å². The number of benzene rings is 1. The number of nitrogens with one attached hydrogen (secondary N) is 1. The number of carbonyl (C=O) groups excluding carboxylic acids is 1. The van der Waals surface area contributed by atoms with Crippen LogP contribution in [0.2, 0.25) is 0 Å². The third kappa shape index (κ3) is 3.68. The van der Waals surface area contributed by atoms with E-state index in [0.717, 1.165) is 16.7 Å². The maximum absolute atomic E-state index is 12.2. The minimum Gasteiger partial charge on any atom is -0.459 e. The molecule has 0 aliphatic carbocycles. The predicted octanol–water partition coefficient (Wildman–Crippen LogP) is 3.18. The van der Waals surface area contributed by atoms with Crippen molar-refractivity contribution < 1.29 is 9.21 Å². The van der Waals surface area contributed by atoms with Crippen LogP contribution in [0.15, 0.2) is 58.9 Å². The molecule has 1 atom stereocenters. The summed E-state index contributed by atoms with van der Waals surface area (Å²) in [7, 11) is 0. The van der Waals surface area contributed by atoms with Crippen molar-refractivity contribution in [2.45, 2.75) is 24.7 Å². The molecular formula is C17H18N4O2S. The molecule has 0 radical (unpaired) electrons. The van der Waals surface area contributed by atoms with E-state index >= 15 is 0 Å². The number of rotatable bonds is 7. The first-order chi connectivity index (χ1) is 11.7. The number of thioether (sulfide) groups is 1. The normalized spacial score (nSPS) is 12.2. The molecule has 0 fully saturated rings. The molecule has 6 nitrogen and oxygen atoms in total. The van der Waals surface area contributed by atoms with Gasteiger partial charge in [0.2, 0.25) is 5.91 Å². The number of fused-ring (bicyclic) bond motifs is 1. The predicted molar refractivity (Wildman–Crippen MR) is 93.7 cm³/mol. The van der Waals surface area contributed by atoms with Crippen LogP contribution in [-0.4, -0.2) is 26.4 Å². The van der Waals surface area contributed by atoms with Crippen molar-refractivity contribution in [1.82, 2.24) is 20.1 Å². The summed E-state index contributed by atoms with van der Waals surface area (Å²) in [5.41, 5.74) is 0.820. The molecule has 2 aromatic heterocycles. The smallest absolute Gasteiger partial charge is 0.231 e. The zero-order chi connectivity index (χ0) is 16.9. The number of allylic oxidation sites excluding steroid dienone is 1. The van der Waals surface area contributed by atoms with E-state index < -0.39 is 0 Å². The van der Waals surface area contributed by atoms with Crippen LogP contribution in [0.5, 0.6) is 0 Å². The number of furan rings is 1. The first-order valence-electron chi connectivity index (χ1n) is 7.56. The third-order valence-electron chi connectivity index (χ3n) is 3.49. The summed E-state index contributed by atoms with van der Waals surface area (Å²) < 4.78 is 7.61. The van der Waals surface area contributed by atoms with Crippen LogP contribution in [-0.2, 0) is 11.3 Å². The molecule has 124 valence electrons. The second-order valence-electron chi connectivity index (χ2n) is 5.32. The molecule has 3 aromatic rings. The van der Waals surface area contributed by atoms with Gasteiger partial charge in [-0.05, 0) is 19.1 Å². The summed E-state index contributed by atoms with van der Waals surface area (Å²) in [5.74, 6) is 0.922. The maximum atomic E-state index is 12.2. The molecule has 7 heteroatoms. The van der Waals surface area contributed by atoms with E-state index in [1.807, 2.05) is 41.8 Å². The van der Waals surface area contributed by atoms with Crippen molar-refractivity contribution in [3.05, 3.63) is 55.1 Å². The highest BCUT2D eigenvalue weighted by molar-refractivity contribution is 7.99. The van der Waals surface area contributed by atoms with Gasteiger partial charge in [-0.25, -0.2) is 0 Å². The maximum Gasteiger partial charge on any atom is 0.231 e. The lowest BCUT2D eigenvalue weighted by Crippen LogP contribution is -2.28. The molecule has 1 aromatic carbocycles. The largest absolute Gasteiger partial charge is 0.459 e. The molecule has 24 heavy (non-hydrogen) atoms. The van der Waals surface area contributed by atoms with Crippen molar-refractivity contribution in [3.8, 4) is 0 Å². The van der Waals surface area contributed by atoms with Crippen molar-refractivity contribution in [3.63, 3.8) is 0 Å². The quantitative estimate of drug-likeness (QED) is 0.527. The van der Waals surface area contributed by atoms with Crippen LogP contribution in [0.4, 0.5) is 0 Å².